The fourth-order valence-corrected chi connectivity index (χ4v) is 3.14. The first kappa shape index (κ1) is 15.0. The Morgan fingerprint density at radius 3 is 2.68 bits per heavy atom. The Kier molecular flexibility index (Phi) is 3.68. The van der Waals surface area contributed by atoms with Crippen molar-refractivity contribution in [2.24, 2.45) is 5.92 Å². The first-order chi connectivity index (χ1) is 10.4. The molecule has 5 nitrogen and oxygen atoms in total. The van der Waals surface area contributed by atoms with Gasteiger partial charge < -0.3 is 10.0 Å². The molecule has 0 spiro atoms. The van der Waals surface area contributed by atoms with Gasteiger partial charge in [-0.25, -0.2) is 9.97 Å². The number of aromatic nitrogens is 2. The summed E-state index contributed by atoms with van der Waals surface area (Å²) >= 11 is 6.05. The molecule has 0 saturated carbocycles. The minimum atomic E-state index is -0.756. The Bertz CT molecular complexity index is 747. The van der Waals surface area contributed by atoms with Crippen molar-refractivity contribution >= 4 is 34.2 Å². The fraction of sp³-hybridized carbons (Fsp3) is 0.438. The summed E-state index contributed by atoms with van der Waals surface area (Å²) < 4.78 is 0. The monoisotopic (exact) mass is 319 g/mol. The van der Waals surface area contributed by atoms with Crippen LogP contribution in [0.4, 0.5) is 5.82 Å². The molecule has 1 fully saturated rings. The van der Waals surface area contributed by atoms with Crippen LogP contribution in [0.3, 0.4) is 0 Å². The SMILES string of the molecule is CC(C)c1cnc(N2C[C@@H](C(=O)O)[C@@H]2C)c2cnc(Cl)cc12. The van der Waals surface area contributed by atoms with E-state index in [1.807, 2.05) is 24.1 Å². The van der Waals surface area contributed by atoms with Crippen molar-refractivity contribution < 1.29 is 9.90 Å². The molecule has 0 bridgehead atoms. The smallest absolute Gasteiger partial charge is 0.310 e. The van der Waals surface area contributed by atoms with Gasteiger partial charge in [-0.15, -0.1) is 0 Å². The Labute approximate surface area is 133 Å². The van der Waals surface area contributed by atoms with Crippen LogP contribution in [0.2, 0.25) is 5.15 Å². The van der Waals surface area contributed by atoms with Gasteiger partial charge in [0.15, 0.2) is 0 Å². The van der Waals surface area contributed by atoms with Crippen molar-refractivity contribution in [3.8, 4) is 0 Å². The van der Waals surface area contributed by atoms with E-state index in [-0.39, 0.29) is 12.0 Å². The maximum absolute atomic E-state index is 11.1. The van der Waals surface area contributed by atoms with Gasteiger partial charge in [0.2, 0.25) is 0 Å². The van der Waals surface area contributed by atoms with E-state index in [1.54, 1.807) is 6.20 Å². The van der Waals surface area contributed by atoms with Crippen molar-refractivity contribution in [1.82, 2.24) is 9.97 Å². The summed E-state index contributed by atoms with van der Waals surface area (Å²) in [6.07, 6.45) is 3.59. The molecular weight excluding hydrogens is 302 g/mol. The molecule has 6 heteroatoms. The Morgan fingerprint density at radius 2 is 2.09 bits per heavy atom. The molecule has 22 heavy (non-hydrogen) atoms. The second-order valence-electron chi connectivity index (χ2n) is 6.08. The van der Waals surface area contributed by atoms with E-state index in [9.17, 15) is 4.79 Å². The van der Waals surface area contributed by atoms with E-state index in [0.717, 1.165) is 22.2 Å². The average Bonchev–Trinajstić information content (AvgIpc) is 2.44. The third kappa shape index (κ3) is 2.29. The van der Waals surface area contributed by atoms with Crippen molar-refractivity contribution in [2.45, 2.75) is 32.7 Å². The van der Waals surface area contributed by atoms with Gasteiger partial charge in [0.05, 0.1) is 5.92 Å². The highest BCUT2D eigenvalue weighted by atomic mass is 35.5. The van der Waals surface area contributed by atoms with Gasteiger partial charge in [-0.2, -0.15) is 0 Å². The minimum absolute atomic E-state index is 0.0752. The lowest BCUT2D eigenvalue weighted by molar-refractivity contribution is -0.143. The highest BCUT2D eigenvalue weighted by Gasteiger charge is 2.41. The summed E-state index contributed by atoms with van der Waals surface area (Å²) in [5.74, 6) is 0.00609. The molecular formula is C16H18ClN3O2. The highest BCUT2D eigenvalue weighted by molar-refractivity contribution is 6.30. The van der Waals surface area contributed by atoms with Crippen molar-refractivity contribution in [3.05, 3.63) is 29.2 Å². The largest absolute Gasteiger partial charge is 0.481 e. The molecule has 2 aromatic rings. The molecule has 1 N–H and O–H groups in total. The molecule has 1 saturated heterocycles. The quantitative estimate of drug-likeness (QED) is 0.879. The van der Waals surface area contributed by atoms with Gasteiger partial charge in [0, 0.05) is 30.4 Å². The molecule has 0 aromatic carbocycles. The third-order valence-electron chi connectivity index (χ3n) is 4.43. The van der Waals surface area contributed by atoms with Crippen LogP contribution in [-0.4, -0.2) is 33.6 Å². The van der Waals surface area contributed by atoms with E-state index >= 15 is 0 Å². The first-order valence-corrected chi connectivity index (χ1v) is 7.71. The Morgan fingerprint density at radius 1 is 1.36 bits per heavy atom. The number of aliphatic carboxylic acids is 1. The third-order valence-corrected chi connectivity index (χ3v) is 4.63. The lowest BCUT2D eigenvalue weighted by atomic mass is 9.89. The van der Waals surface area contributed by atoms with Crippen LogP contribution in [0, 0.1) is 5.92 Å². The number of pyridine rings is 2. The second kappa shape index (κ2) is 5.39. The standard InChI is InChI=1S/C16H18ClN3O2/c1-8(2)11-5-19-15(12-6-18-14(17)4-10(11)12)20-7-13(9(20)3)16(21)22/h4-6,8-9,13H,7H2,1-3H3,(H,21,22)/t9-,13+/m0/s1. The normalized spacial score (nSPS) is 21.2. The van der Waals surface area contributed by atoms with Crippen LogP contribution in [0.1, 0.15) is 32.3 Å². The molecule has 1 aliphatic rings. The Balaban J connectivity index is 2.09. The number of halogens is 1. The number of carboxylic acids is 1. The van der Waals surface area contributed by atoms with Gasteiger partial charge in [0.25, 0.3) is 0 Å². The Hall–Kier alpha value is -1.88. The maximum atomic E-state index is 11.1. The van der Waals surface area contributed by atoms with Crippen LogP contribution in [0.15, 0.2) is 18.5 Å². The fourth-order valence-electron chi connectivity index (χ4n) is 2.98. The number of rotatable bonds is 3. The molecule has 0 amide bonds. The van der Waals surface area contributed by atoms with Crippen LogP contribution in [0.25, 0.3) is 10.8 Å². The lowest BCUT2D eigenvalue weighted by Gasteiger charge is -2.45. The number of nitrogens with zero attached hydrogens (tertiary/aromatic N) is 3. The van der Waals surface area contributed by atoms with E-state index < -0.39 is 5.97 Å². The maximum Gasteiger partial charge on any atom is 0.310 e. The zero-order valence-electron chi connectivity index (χ0n) is 12.7. The second-order valence-corrected chi connectivity index (χ2v) is 6.47. The summed E-state index contributed by atoms with van der Waals surface area (Å²) in [5.41, 5.74) is 1.12. The van der Waals surface area contributed by atoms with E-state index in [4.69, 9.17) is 16.7 Å². The molecule has 116 valence electrons. The van der Waals surface area contributed by atoms with Crippen LogP contribution >= 0.6 is 11.6 Å². The summed E-state index contributed by atoms with van der Waals surface area (Å²) in [5, 5.41) is 11.6. The minimum Gasteiger partial charge on any atom is -0.481 e. The molecule has 0 unspecified atom stereocenters. The van der Waals surface area contributed by atoms with Crippen molar-refractivity contribution in [1.29, 1.82) is 0 Å². The van der Waals surface area contributed by atoms with Gasteiger partial charge in [-0.1, -0.05) is 25.4 Å². The van der Waals surface area contributed by atoms with E-state index in [0.29, 0.717) is 17.6 Å². The number of carboxylic acid groups (broad SMARTS) is 1. The molecule has 2 atom stereocenters. The van der Waals surface area contributed by atoms with Gasteiger partial charge in [0.1, 0.15) is 11.0 Å². The molecule has 3 rings (SSSR count). The van der Waals surface area contributed by atoms with Crippen LogP contribution in [-0.2, 0) is 4.79 Å². The molecule has 0 aliphatic carbocycles. The number of carbonyl (C=O) groups is 1. The number of anilines is 1. The van der Waals surface area contributed by atoms with Gasteiger partial charge in [-0.05, 0) is 29.9 Å². The van der Waals surface area contributed by atoms with Crippen molar-refractivity contribution in [2.75, 3.05) is 11.4 Å². The molecule has 3 heterocycles. The zero-order chi connectivity index (χ0) is 16.0. The summed E-state index contributed by atoms with van der Waals surface area (Å²) in [4.78, 5) is 21.9. The lowest BCUT2D eigenvalue weighted by Crippen LogP contribution is -2.58. The molecule has 0 radical (unpaired) electrons. The zero-order valence-corrected chi connectivity index (χ0v) is 13.5. The summed E-state index contributed by atoms with van der Waals surface area (Å²) in [6.45, 7) is 6.60. The molecule has 1 aliphatic heterocycles. The van der Waals surface area contributed by atoms with Gasteiger partial charge in [-0.3, -0.25) is 4.79 Å². The predicted molar refractivity (Wildman–Crippen MR) is 86.6 cm³/mol. The highest BCUT2D eigenvalue weighted by Crippen LogP contribution is 2.37. The van der Waals surface area contributed by atoms with Crippen molar-refractivity contribution in [3.63, 3.8) is 0 Å². The van der Waals surface area contributed by atoms with Gasteiger partial charge >= 0.3 is 5.97 Å². The summed E-state index contributed by atoms with van der Waals surface area (Å²) in [6, 6.07) is 1.78. The van der Waals surface area contributed by atoms with Crippen LogP contribution < -0.4 is 4.90 Å². The predicted octanol–water partition coefficient (Wildman–Crippen LogP) is 3.32. The van der Waals surface area contributed by atoms with E-state index in [2.05, 4.69) is 23.8 Å². The topological polar surface area (TPSA) is 66.3 Å². The number of fused-ring (bicyclic) bond motifs is 1. The first-order valence-electron chi connectivity index (χ1n) is 7.33. The van der Waals surface area contributed by atoms with E-state index in [1.165, 1.54) is 0 Å². The molecule has 2 aromatic heterocycles. The number of hydrogen-bond donors (Lipinski definition) is 1. The van der Waals surface area contributed by atoms with Crippen LogP contribution in [0.5, 0.6) is 0 Å². The average molecular weight is 320 g/mol. The number of hydrogen-bond acceptors (Lipinski definition) is 4. The summed E-state index contributed by atoms with van der Waals surface area (Å²) in [7, 11) is 0.